The smallest absolute Gasteiger partial charge is 0.0862 e. The van der Waals surface area contributed by atoms with Crippen molar-refractivity contribution in [1.82, 2.24) is 0 Å². The second-order valence-corrected chi connectivity index (χ2v) is 10.7. The Morgan fingerprint density at radius 2 is 1.37 bits per heavy atom. The third kappa shape index (κ3) is 9.39. The number of benzene rings is 3. The number of allylic oxidation sites excluding steroid dienone is 1. The van der Waals surface area contributed by atoms with Crippen LogP contribution >= 0.6 is 0 Å². The average molecular weight is 509 g/mol. The molecule has 0 aliphatic carbocycles. The van der Waals surface area contributed by atoms with Gasteiger partial charge in [-0.1, -0.05) is 102 Å². The number of hydrogen-bond donors (Lipinski definition) is 0. The van der Waals surface area contributed by atoms with Gasteiger partial charge in [0.25, 0.3) is 0 Å². The molecule has 3 aromatic carbocycles. The van der Waals surface area contributed by atoms with Crippen LogP contribution in [-0.2, 0) is 19.3 Å². The van der Waals surface area contributed by atoms with E-state index < -0.39 is 0 Å². The van der Waals surface area contributed by atoms with Crippen molar-refractivity contribution in [2.45, 2.75) is 105 Å². The van der Waals surface area contributed by atoms with Gasteiger partial charge < -0.3 is 0 Å². The van der Waals surface area contributed by atoms with Gasteiger partial charge >= 0.3 is 0 Å². The van der Waals surface area contributed by atoms with E-state index in [9.17, 15) is 0 Å². The summed E-state index contributed by atoms with van der Waals surface area (Å²) in [5, 5.41) is 9.39. The molecule has 0 heterocycles. The highest BCUT2D eigenvalue weighted by Gasteiger charge is 2.10. The highest BCUT2D eigenvalue weighted by Crippen LogP contribution is 2.28. The molecule has 2 nitrogen and oxygen atoms in total. The molecule has 0 fully saturated rings. The van der Waals surface area contributed by atoms with Crippen molar-refractivity contribution in [3.8, 4) is 11.1 Å². The summed E-state index contributed by atoms with van der Waals surface area (Å²) in [6, 6.07) is 21.8. The number of unbranched alkanes of at least 4 members (excludes halogenated alkanes) is 6. The maximum Gasteiger partial charge on any atom is 0.0862 e. The van der Waals surface area contributed by atoms with Crippen molar-refractivity contribution in [2.75, 3.05) is 0 Å². The van der Waals surface area contributed by atoms with Crippen LogP contribution in [-0.4, -0.2) is 0 Å². The molecule has 3 rings (SSSR count). The fraction of sp³-hybridized carbons (Fsp3) is 0.444. The van der Waals surface area contributed by atoms with Gasteiger partial charge in [-0.05, 0) is 109 Å². The minimum absolute atomic E-state index is 0.918. The van der Waals surface area contributed by atoms with Crippen molar-refractivity contribution in [3.63, 3.8) is 0 Å². The summed E-state index contributed by atoms with van der Waals surface area (Å²) in [6.07, 6.45) is 15.9. The molecule has 0 amide bonds. The molecule has 2 heteroatoms. The Morgan fingerprint density at radius 1 is 0.711 bits per heavy atom. The minimum atomic E-state index is 0.918. The van der Waals surface area contributed by atoms with E-state index in [1.807, 2.05) is 6.92 Å². The second-order valence-electron chi connectivity index (χ2n) is 10.7. The Morgan fingerprint density at radius 3 is 2.05 bits per heavy atom. The Kier molecular flexibility index (Phi) is 12.5. The topological polar surface area (TPSA) is 24.7 Å². The maximum atomic E-state index is 4.74. The summed E-state index contributed by atoms with van der Waals surface area (Å²) in [7, 11) is 0. The third-order valence-electron chi connectivity index (χ3n) is 7.28. The average Bonchev–Trinajstić information content (AvgIpc) is 2.92. The quantitative estimate of drug-likeness (QED) is 0.144. The van der Waals surface area contributed by atoms with Crippen LogP contribution in [0.5, 0.6) is 0 Å². The molecule has 0 saturated carbocycles. The number of hydrogen-bond acceptors (Lipinski definition) is 2. The zero-order chi connectivity index (χ0) is 27.2. The first-order valence-electron chi connectivity index (χ1n) is 15.0. The fourth-order valence-corrected chi connectivity index (χ4v) is 5.30. The van der Waals surface area contributed by atoms with E-state index in [1.165, 1.54) is 79.2 Å². The van der Waals surface area contributed by atoms with Crippen molar-refractivity contribution >= 4 is 11.8 Å². The van der Waals surface area contributed by atoms with Crippen LogP contribution in [0.2, 0.25) is 0 Å². The van der Waals surface area contributed by atoms with E-state index in [0.717, 1.165) is 36.2 Å². The molecule has 0 aliphatic heterocycles. The lowest BCUT2D eigenvalue weighted by molar-refractivity contribution is 0.606. The Balaban J connectivity index is 1.81. The molecule has 0 radical (unpaired) electrons. The van der Waals surface area contributed by atoms with Gasteiger partial charge in [0, 0.05) is 0 Å². The van der Waals surface area contributed by atoms with Crippen molar-refractivity contribution in [2.24, 2.45) is 10.2 Å². The summed E-state index contributed by atoms with van der Waals surface area (Å²) in [5.41, 5.74) is 11.3. The summed E-state index contributed by atoms with van der Waals surface area (Å²) < 4.78 is 0. The Hall–Kier alpha value is -3.00. The SMILES string of the molecule is CCCCCCCCc1cc(N=NC(C)=Cc2cc(C)cc(-c3ccccc3)c2)cc(CCCC)c1CC. The summed E-state index contributed by atoms with van der Waals surface area (Å²) >= 11 is 0. The van der Waals surface area contributed by atoms with E-state index in [4.69, 9.17) is 5.11 Å². The predicted molar refractivity (Wildman–Crippen MR) is 166 cm³/mol. The van der Waals surface area contributed by atoms with Gasteiger partial charge in [-0.3, -0.25) is 0 Å². The largest absolute Gasteiger partial charge is 0.155 e. The van der Waals surface area contributed by atoms with E-state index in [1.54, 1.807) is 5.56 Å². The van der Waals surface area contributed by atoms with Crippen LogP contribution < -0.4 is 0 Å². The molecule has 0 spiro atoms. The molecule has 0 atom stereocenters. The molecule has 0 saturated heterocycles. The highest BCUT2D eigenvalue weighted by molar-refractivity contribution is 5.69. The lowest BCUT2D eigenvalue weighted by Gasteiger charge is -2.15. The normalized spacial score (nSPS) is 12.0. The van der Waals surface area contributed by atoms with E-state index in [2.05, 4.69) is 99.5 Å². The molecule has 0 aliphatic rings. The van der Waals surface area contributed by atoms with Crippen LogP contribution in [0, 0.1) is 6.92 Å². The molecule has 38 heavy (non-hydrogen) atoms. The van der Waals surface area contributed by atoms with Gasteiger partial charge in [0.15, 0.2) is 0 Å². The third-order valence-corrected chi connectivity index (χ3v) is 7.28. The van der Waals surface area contributed by atoms with Crippen LogP contribution in [0.1, 0.15) is 107 Å². The van der Waals surface area contributed by atoms with Crippen molar-refractivity contribution in [3.05, 3.63) is 94.2 Å². The zero-order valence-electron chi connectivity index (χ0n) is 24.5. The maximum absolute atomic E-state index is 4.74. The Labute approximate surface area is 232 Å². The first-order valence-corrected chi connectivity index (χ1v) is 15.0. The summed E-state index contributed by atoms with van der Waals surface area (Å²) in [4.78, 5) is 0. The minimum Gasteiger partial charge on any atom is -0.155 e. The molecule has 202 valence electrons. The first-order chi connectivity index (χ1) is 18.5. The molecular formula is C36H48N2. The highest BCUT2D eigenvalue weighted by atomic mass is 15.1. The molecule has 0 unspecified atom stereocenters. The monoisotopic (exact) mass is 508 g/mol. The summed E-state index contributed by atoms with van der Waals surface area (Å²) in [5.74, 6) is 0. The standard InChI is InChI=1S/C36H48N2/c1-6-9-11-12-13-15-21-33-27-35(26-32(18-10-7-2)36(33)8-3)38-37-29(5)24-30-22-28(4)23-34(25-30)31-19-16-14-17-20-31/h14,16-17,19-20,22-27H,6-13,15,18,21H2,1-5H3. The van der Waals surface area contributed by atoms with Gasteiger partial charge in [-0.15, -0.1) is 0 Å². The van der Waals surface area contributed by atoms with Gasteiger partial charge in [-0.2, -0.15) is 10.2 Å². The molecule has 3 aromatic rings. The van der Waals surface area contributed by atoms with Crippen molar-refractivity contribution < 1.29 is 0 Å². The molecule has 0 N–H and O–H groups in total. The lowest BCUT2D eigenvalue weighted by Crippen LogP contribution is -2.00. The van der Waals surface area contributed by atoms with E-state index in [0.29, 0.717) is 0 Å². The number of azo groups is 1. The molecular weight excluding hydrogens is 460 g/mol. The van der Waals surface area contributed by atoms with Gasteiger partial charge in [0.2, 0.25) is 0 Å². The van der Waals surface area contributed by atoms with Crippen LogP contribution in [0.4, 0.5) is 5.69 Å². The molecule has 0 aromatic heterocycles. The lowest BCUT2D eigenvalue weighted by atomic mass is 9.91. The first kappa shape index (κ1) is 29.6. The van der Waals surface area contributed by atoms with E-state index in [-0.39, 0.29) is 0 Å². The number of nitrogens with zero attached hydrogens (tertiary/aromatic N) is 2. The van der Waals surface area contributed by atoms with Crippen LogP contribution in [0.3, 0.4) is 0 Å². The number of rotatable bonds is 15. The fourth-order valence-electron chi connectivity index (χ4n) is 5.30. The zero-order valence-corrected chi connectivity index (χ0v) is 24.5. The van der Waals surface area contributed by atoms with Gasteiger partial charge in [0.1, 0.15) is 0 Å². The van der Waals surface area contributed by atoms with Gasteiger partial charge in [-0.25, -0.2) is 0 Å². The Bertz CT molecular complexity index is 1190. The summed E-state index contributed by atoms with van der Waals surface area (Å²) in [6.45, 7) is 11.1. The van der Waals surface area contributed by atoms with Crippen LogP contribution in [0.15, 0.2) is 76.6 Å². The van der Waals surface area contributed by atoms with Crippen molar-refractivity contribution in [1.29, 1.82) is 0 Å². The van der Waals surface area contributed by atoms with E-state index >= 15 is 0 Å². The molecule has 0 bridgehead atoms. The number of aryl methyl sites for hydroxylation is 3. The second kappa shape index (κ2) is 16.1. The predicted octanol–water partition coefficient (Wildman–Crippen LogP) is 11.6. The van der Waals surface area contributed by atoms with Gasteiger partial charge in [0.05, 0.1) is 11.4 Å². The van der Waals surface area contributed by atoms with Crippen LogP contribution in [0.25, 0.3) is 17.2 Å².